The van der Waals surface area contributed by atoms with Gasteiger partial charge in [0.2, 0.25) is 0 Å². The summed E-state index contributed by atoms with van der Waals surface area (Å²) < 4.78 is 0. The van der Waals surface area contributed by atoms with Crippen molar-refractivity contribution in [1.29, 1.82) is 0 Å². The van der Waals surface area contributed by atoms with Crippen molar-refractivity contribution in [2.75, 3.05) is 0 Å². The highest BCUT2D eigenvalue weighted by Crippen LogP contribution is 2.24. The lowest BCUT2D eigenvalue weighted by Gasteiger charge is -2.06. The Bertz CT molecular complexity index is 889. The molecule has 23 heavy (non-hydrogen) atoms. The Kier molecular flexibility index (Phi) is 4.01. The number of rotatable bonds is 3. The number of aromatic hydroxyl groups is 1. The second-order valence-electron chi connectivity index (χ2n) is 5.07. The molecule has 0 fully saturated rings. The van der Waals surface area contributed by atoms with E-state index < -0.39 is 5.91 Å². The fourth-order valence-electron chi connectivity index (χ4n) is 2.24. The predicted octanol–water partition coefficient (Wildman–Crippen LogP) is 3.09. The van der Waals surface area contributed by atoms with E-state index in [1.54, 1.807) is 31.3 Å². The summed E-state index contributed by atoms with van der Waals surface area (Å²) >= 11 is 0. The molecular weight excluding hydrogens is 290 g/mol. The number of nitrogens with zero attached hydrogens (tertiary/aromatic N) is 2. The molecule has 2 N–H and O–H groups in total. The molecule has 0 bridgehead atoms. The van der Waals surface area contributed by atoms with Gasteiger partial charge in [-0.25, -0.2) is 5.43 Å². The largest absolute Gasteiger partial charge is 0.507 e. The number of fused-ring (bicyclic) bond motifs is 1. The van der Waals surface area contributed by atoms with Crippen molar-refractivity contribution in [3.63, 3.8) is 0 Å². The summed E-state index contributed by atoms with van der Waals surface area (Å²) in [5, 5.41) is 15.8. The maximum absolute atomic E-state index is 12.2. The number of hydrazone groups is 1. The van der Waals surface area contributed by atoms with E-state index in [1.165, 1.54) is 0 Å². The minimum atomic E-state index is -0.469. The lowest BCUT2D eigenvalue weighted by molar-refractivity contribution is 0.0952. The van der Waals surface area contributed by atoms with Crippen LogP contribution in [-0.4, -0.2) is 21.7 Å². The summed E-state index contributed by atoms with van der Waals surface area (Å²) in [5.74, 6) is -0.546. The molecule has 5 nitrogen and oxygen atoms in total. The smallest absolute Gasteiger partial charge is 0.275 e. The Morgan fingerprint density at radius 3 is 2.48 bits per heavy atom. The maximum Gasteiger partial charge on any atom is 0.275 e. The number of carbonyl (C=O) groups excluding carboxylic acids is 1. The number of aromatic nitrogens is 1. The summed E-state index contributed by atoms with van der Waals surface area (Å²) in [6.45, 7) is 1.75. The summed E-state index contributed by atoms with van der Waals surface area (Å²) in [5.41, 5.74) is 3.89. The van der Waals surface area contributed by atoms with Crippen molar-refractivity contribution in [2.24, 2.45) is 5.10 Å². The molecule has 3 rings (SSSR count). The van der Waals surface area contributed by atoms with Crippen LogP contribution in [0, 0.1) is 0 Å². The molecule has 3 aromatic rings. The van der Waals surface area contributed by atoms with E-state index in [0.717, 1.165) is 10.8 Å². The van der Waals surface area contributed by atoms with Crippen LogP contribution in [0.15, 0.2) is 65.9 Å². The van der Waals surface area contributed by atoms with E-state index in [4.69, 9.17) is 0 Å². The van der Waals surface area contributed by atoms with Crippen LogP contribution in [0.2, 0.25) is 0 Å². The van der Waals surface area contributed by atoms with Crippen LogP contribution in [0.1, 0.15) is 23.0 Å². The minimum absolute atomic E-state index is 0.0770. The molecule has 2 aromatic carbocycles. The number of nitrogens with one attached hydrogen (secondary N) is 1. The van der Waals surface area contributed by atoms with E-state index in [0.29, 0.717) is 11.4 Å². The lowest BCUT2D eigenvalue weighted by Crippen LogP contribution is -2.19. The van der Waals surface area contributed by atoms with Crippen LogP contribution in [0.5, 0.6) is 5.75 Å². The summed E-state index contributed by atoms with van der Waals surface area (Å²) in [6, 6.07) is 16.2. The van der Waals surface area contributed by atoms with Gasteiger partial charge in [-0.15, -0.1) is 0 Å². The molecule has 0 saturated carbocycles. The quantitative estimate of drug-likeness (QED) is 0.577. The van der Waals surface area contributed by atoms with Crippen molar-refractivity contribution in [2.45, 2.75) is 6.92 Å². The molecule has 0 radical (unpaired) electrons. The lowest BCUT2D eigenvalue weighted by atomic mass is 10.1. The Hall–Kier alpha value is -3.21. The molecule has 1 amide bonds. The van der Waals surface area contributed by atoms with Crippen molar-refractivity contribution >= 4 is 22.4 Å². The van der Waals surface area contributed by atoms with Gasteiger partial charge >= 0.3 is 0 Å². The molecular formula is C18H15N3O2. The highest BCUT2D eigenvalue weighted by Gasteiger charge is 2.12. The van der Waals surface area contributed by atoms with Gasteiger partial charge in [0.15, 0.2) is 0 Å². The summed E-state index contributed by atoms with van der Waals surface area (Å²) in [7, 11) is 0. The number of benzene rings is 2. The van der Waals surface area contributed by atoms with Gasteiger partial charge in [0.1, 0.15) is 5.75 Å². The minimum Gasteiger partial charge on any atom is -0.507 e. The molecule has 0 atom stereocenters. The van der Waals surface area contributed by atoms with Crippen LogP contribution in [0.3, 0.4) is 0 Å². The molecule has 0 aliphatic heterocycles. The van der Waals surface area contributed by atoms with Crippen LogP contribution in [-0.2, 0) is 0 Å². The molecule has 0 spiro atoms. The molecule has 0 saturated heterocycles. The van der Waals surface area contributed by atoms with Gasteiger partial charge < -0.3 is 5.11 Å². The fourth-order valence-corrected chi connectivity index (χ4v) is 2.24. The van der Waals surface area contributed by atoms with Gasteiger partial charge in [0, 0.05) is 6.20 Å². The van der Waals surface area contributed by atoms with Crippen molar-refractivity contribution in [3.05, 3.63) is 72.1 Å². The van der Waals surface area contributed by atoms with Crippen LogP contribution < -0.4 is 5.43 Å². The molecule has 0 unspecified atom stereocenters. The van der Waals surface area contributed by atoms with Gasteiger partial charge in [0.25, 0.3) is 5.91 Å². The first-order valence-electron chi connectivity index (χ1n) is 7.13. The monoisotopic (exact) mass is 305 g/mol. The van der Waals surface area contributed by atoms with Gasteiger partial charge in [-0.2, -0.15) is 5.10 Å². The van der Waals surface area contributed by atoms with Gasteiger partial charge in [-0.1, -0.05) is 30.3 Å². The van der Waals surface area contributed by atoms with E-state index >= 15 is 0 Å². The Labute approximate surface area is 133 Å². The first-order chi connectivity index (χ1) is 11.1. The van der Waals surface area contributed by atoms with Gasteiger partial charge in [-0.05, 0) is 42.0 Å². The normalized spacial score (nSPS) is 11.4. The number of pyridine rings is 1. The highest BCUT2D eigenvalue weighted by atomic mass is 16.3. The average molecular weight is 305 g/mol. The third-order valence-electron chi connectivity index (χ3n) is 3.47. The number of phenols is 1. The van der Waals surface area contributed by atoms with Crippen LogP contribution >= 0.6 is 0 Å². The third kappa shape index (κ3) is 3.18. The standard InChI is InChI=1S/C18H15N3O2/c1-12(16-8-4-5-9-19-16)20-21-18(23)15-10-13-6-2-3-7-14(13)11-17(15)22/h2-11,22H,1H3,(H,21,23)/b20-12-. The zero-order valence-electron chi connectivity index (χ0n) is 12.5. The van der Waals surface area contributed by atoms with Crippen LogP contribution in [0.4, 0.5) is 0 Å². The van der Waals surface area contributed by atoms with Gasteiger partial charge in [-0.3, -0.25) is 9.78 Å². The zero-order chi connectivity index (χ0) is 16.2. The predicted molar refractivity (Wildman–Crippen MR) is 89.5 cm³/mol. The molecule has 1 aromatic heterocycles. The van der Waals surface area contributed by atoms with Crippen LogP contribution in [0.25, 0.3) is 10.8 Å². The number of amides is 1. The van der Waals surface area contributed by atoms with E-state index in [9.17, 15) is 9.90 Å². The van der Waals surface area contributed by atoms with Crippen molar-refractivity contribution in [1.82, 2.24) is 10.4 Å². The fraction of sp³-hybridized carbons (Fsp3) is 0.0556. The molecule has 5 heteroatoms. The first-order valence-corrected chi connectivity index (χ1v) is 7.13. The van der Waals surface area contributed by atoms with E-state index in [2.05, 4.69) is 15.5 Å². The van der Waals surface area contributed by atoms with E-state index in [1.807, 2.05) is 36.4 Å². The van der Waals surface area contributed by atoms with Gasteiger partial charge in [0.05, 0.1) is 17.0 Å². The average Bonchev–Trinajstić information content (AvgIpc) is 2.59. The number of phenolic OH excluding ortho intramolecular Hbond substituents is 1. The first kappa shape index (κ1) is 14.7. The second kappa shape index (κ2) is 6.27. The number of hydrogen-bond acceptors (Lipinski definition) is 4. The number of hydrogen-bond donors (Lipinski definition) is 2. The highest BCUT2D eigenvalue weighted by molar-refractivity contribution is 6.03. The Balaban J connectivity index is 1.85. The number of carbonyl (C=O) groups is 1. The Morgan fingerprint density at radius 1 is 1.09 bits per heavy atom. The summed E-state index contributed by atoms with van der Waals surface area (Å²) in [6.07, 6.45) is 1.66. The van der Waals surface area contributed by atoms with Crippen molar-refractivity contribution in [3.8, 4) is 5.75 Å². The molecule has 1 heterocycles. The molecule has 114 valence electrons. The topological polar surface area (TPSA) is 74.6 Å². The molecule has 0 aliphatic carbocycles. The maximum atomic E-state index is 12.2. The Morgan fingerprint density at radius 2 is 1.78 bits per heavy atom. The van der Waals surface area contributed by atoms with Crippen molar-refractivity contribution < 1.29 is 9.90 Å². The third-order valence-corrected chi connectivity index (χ3v) is 3.47. The molecule has 0 aliphatic rings. The summed E-state index contributed by atoms with van der Waals surface area (Å²) in [4.78, 5) is 16.4. The SMILES string of the molecule is C/C(=N/NC(=O)c1cc2ccccc2cc1O)c1ccccn1. The zero-order valence-corrected chi connectivity index (χ0v) is 12.5. The van der Waals surface area contributed by atoms with E-state index in [-0.39, 0.29) is 11.3 Å². The second-order valence-corrected chi connectivity index (χ2v) is 5.07.